The first-order valence-corrected chi connectivity index (χ1v) is 10.8. The standard InChI is InChI=1S/C24H30N4O2/c1-17-5-2-7-20(15-17)24(10-4-11-24)23(30)27-16-19-6-3-12-26-22(19)28-13-8-18(9-14-28)21(25)29/h2-3,5-7,12,15,18H,4,8-11,13-14,16H2,1H3,(H2,25,29)(H,27,30). The zero-order valence-electron chi connectivity index (χ0n) is 17.6. The maximum absolute atomic E-state index is 13.2. The van der Waals surface area contributed by atoms with E-state index in [1.54, 1.807) is 6.20 Å². The Hall–Kier alpha value is -2.89. The van der Waals surface area contributed by atoms with Crippen LogP contribution in [0.15, 0.2) is 42.6 Å². The van der Waals surface area contributed by atoms with Crippen LogP contribution in [-0.2, 0) is 21.5 Å². The van der Waals surface area contributed by atoms with Crippen LogP contribution in [0.5, 0.6) is 0 Å². The average molecular weight is 407 g/mol. The number of aryl methyl sites for hydroxylation is 1. The molecule has 2 amide bonds. The molecule has 0 radical (unpaired) electrons. The maximum atomic E-state index is 13.2. The number of benzene rings is 1. The molecular weight excluding hydrogens is 376 g/mol. The molecule has 2 aliphatic rings. The van der Waals surface area contributed by atoms with E-state index in [9.17, 15) is 9.59 Å². The van der Waals surface area contributed by atoms with Gasteiger partial charge in [0, 0.05) is 37.3 Å². The molecule has 4 rings (SSSR count). The predicted molar refractivity (Wildman–Crippen MR) is 117 cm³/mol. The molecule has 2 heterocycles. The zero-order valence-corrected chi connectivity index (χ0v) is 17.6. The van der Waals surface area contributed by atoms with E-state index in [-0.39, 0.29) is 17.7 Å². The Kier molecular flexibility index (Phi) is 5.75. The highest BCUT2D eigenvalue weighted by Gasteiger charge is 2.45. The second-order valence-electron chi connectivity index (χ2n) is 8.64. The third-order valence-electron chi connectivity index (χ3n) is 6.72. The third kappa shape index (κ3) is 3.91. The van der Waals surface area contributed by atoms with Gasteiger partial charge in [-0.1, -0.05) is 42.3 Å². The summed E-state index contributed by atoms with van der Waals surface area (Å²) in [6.07, 6.45) is 6.13. The quantitative estimate of drug-likeness (QED) is 0.772. The van der Waals surface area contributed by atoms with Crippen LogP contribution in [0.1, 0.15) is 48.8 Å². The minimum Gasteiger partial charge on any atom is -0.369 e. The number of nitrogens with one attached hydrogen (secondary N) is 1. The van der Waals surface area contributed by atoms with Gasteiger partial charge in [-0.2, -0.15) is 0 Å². The molecule has 2 aromatic rings. The molecule has 1 aliphatic carbocycles. The van der Waals surface area contributed by atoms with Gasteiger partial charge in [0.2, 0.25) is 11.8 Å². The second kappa shape index (κ2) is 8.46. The fourth-order valence-corrected chi connectivity index (χ4v) is 4.69. The highest BCUT2D eigenvalue weighted by atomic mass is 16.2. The number of aromatic nitrogens is 1. The van der Waals surface area contributed by atoms with Crippen LogP contribution in [-0.4, -0.2) is 29.9 Å². The van der Waals surface area contributed by atoms with Gasteiger partial charge in [0.25, 0.3) is 0 Å². The molecule has 2 fully saturated rings. The van der Waals surface area contributed by atoms with Crippen molar-refractivity contribution in [3.05, 3.63) is 59.3 Å². The van der Waals surface area contributed by atoms with Crippen LogP contribution in [0, 0.1) is 12.8 Å². The number of carbonyl (C=O) groups excluding carboxylic acids is 2. The van der Waals surface area contributed by atoms with Crippen LogP contribution in [0.4, 0.5) is 5.82 Å². The third-order valence-corrected chi connectivity index (χ3v) is 6.72. The van der Waals surface area contributed by atoms with E-state index in [1.807, 2.05) is 18.2 Å². The molecule has 6 heteroatoms. The van der Waals surface area contributed by atoms with Gasteiger partial charge in [-0.25, -0.2) is 4.98 Å². The molecule has 0 spiro atoms. The summed E-state index contributed by atoms with van der Waals surface area (Å²) in [5.74, 6) is 0.714. The summed E-state index contributed by atoms with van der Waals surface area (Å²) < 4.78 is 0. The zero-order chi connectivity index (χ0) is 21.1. The molecule has 0 bridgehead atoms. The lowest BCUT2D eigenvalue weighted by molar-refractivity contribution is -0.130. The number of nitrogens with zero attached hydrogens (tertiary/aromatic N) is 2. The number of nitrogens with two attached hydrogens (primary N) is 1. The maximum Gasteiger partial charge on any atom is 0.230 e. The monoisotopic (exact) mass is 406 g/mol. The highest BCUT2D eigenvalue weighted by molar-refractivity contribution is 5.89. The van der Waals surface area contributed by atoms with Crippen molar-refractivity contribution in [1.29, 1.82) is 0 Å². The number of hydrogen-bond acceptors (Lipinski definition) is 4. The smallest absolute Gasteiger partial charge is 0.230 e. The van der Waals surface area contributed by atoms with Crippen LogP contribution in [0.25, 0.3) is 0 Å². The van der Waals surface area contributed by atoms with Crippen molar-refractivity contribution in [3.8, 4) is 0 Å². The number of anilines is 1. The lowest BCUT2D eigenvalue weighted by Gasteiger charge is -2.41. The molecule has 1 aliphatic heterocycles. The summed E-state index contributed by atoms with van der Waals surface area (Å²) in [6.45, 7) is 4.01. The fraction of sp³-hybridized carbons (Fsp3) is 0.458. The van der Waals surface area contributed by atoms with Crippen LogP contribution in [0.2, 0.25) is 0 Å². The minimum absolute atomic E-state index is 0.0547. The van der Waals surface area contributed by atoms with E-state index in [1.165, 1.54) is 5.56 Å². The van der Waals surface area contributed by atoms with Crippen molar-refractivity contribution < 1.29 is 9.59 Å². The van der Waals surface area contributed by atoms with Crippen LogP contribution < -0.4 is 16.0 Å². The van der Waals surface area contributed by atoms with E-state index in [0.29, 0.717) is 6.54 Å². The summed E-state index contributed by atoms with van der Waals surface area (Å²) in [5.41, 5.74) is 8.35. The van der Waals surface area contributed by atoms with Crippen molar-refractivity contribution in [2.45, 2.75) is 51.0 Å². The topological polar surface area (TPSA) is 88.3 Å². The number of hydrogen-bond donors (Lipinski definition) is 2. The van der Waals surface area contributed by atoms with Gasteiger partial charge in [-0.15, -0.1) is 0 Å². The minimum atomic E-state index is -0.409. The molecule has 0 atom stereocenters. The molecule has 1 saturated heterocycles. The largest absolute Gasteiger partial charge is 0.369 e. The molecule has 0 unspecified atom stereocenters. The molecule has 1 aromatic carbocycles. The molecular formula is C24H30N4O2. The Labute approximate surface area is 177 Å². The van der Waals surface area contributed by atoms with Crippen molar-refractivity contribution in [3.63, 3.8) is 0 Å². The van der Waals surface area contributed by atoms with Crippen molar-refractivity contribution in [2.24, 2.45) is 11.7 Å². The van der Waals surface area contributed by atoms with Crippen molar-refractivity contribution >= 4 is 17.6 Å². The summed E-state index contributed by atoms with van der Waals surface area (Å²) in [4.78, 5) is 31.5. The summed E-state index contributed by atoms with van der Waals surface area (Å²) >= 11 is 0. The summed E-state index contributed by atoms with van der Waals surface area (Å²) in [6, 6.07) is 12.2. The molecule has 1 saturated carbocycles. The summed E-state index contributed by atoms with van der Waals surface area (Å²) in [5, 5.41) is 3.19. The lowest BCUT2D eigenvalue weighted by atomic mass is 9.63. The van der Waals surface area contributed by atoms with Crippen molar-refractivity contribution in [2.75, 3.05) is 18.0 Å². The van der Waals surface area contributed by atoms with Gasteiger partial charge in [0.1, 0.15) is 5.82 Å². The predicted octanol–water partition coefficient (Wildman–Crippen LogP) is 2.83. The molecule has 30 heavy (non-hydrogen) atoms. The second-order valence-corrected chi connectivity index (χ2v) is 8.64. The normalized spacial score (nSPS) is 18.5. The van der Waals surface area contributed by atoms with Gasteiger partial charge in [-0.3, -0.25) is 9.59 Å². The molecule has 1 aromatic heterocycles. The first-order chi connectivity index (χ1) is 14.5. The Balaban J connectivity index is 1.45. The van der Waals surface area contributed by atoms with Gasteiger partial charge < -0.3 is 16.0 Å². The Morgan fingerprint density at radius 2 is 1.97 bits per heavy atom. The van der Waals surface area contributed by atoms with E-state index >= 15 is 0 Å². The molecule has 6 nitrogen and oxygen atoms in total. The van der Waals surface area contributed by atoms with Gasteiger partial charge in [0.05, 0.1) is 5.41 Å². The van der Waals surface area contributed by atoms with Crippen LogP contribution in [0.3, 0.4) is 0 Å². The Bertz CT molecular complexity index is 930. The number of pyridine rings is 1. The Morgan fingerprint density at radius 3 is 2.60 bits per heavy atom. The number of piperidine rings is 1. The first-order valence-electron chi connectivity index (χ1n) is 10.8. The van der Waals surface area contributed by atoms with E-state index < -0.39 is 5.41 Å². The molecule has 3 N–H and O–H groups in total. The SMILES string of the molecule is Cc1cccc(C2(C(=O)NCc3cccnc3N3CCC(C(N)=O)CC3)CCC2)c1. The average Bonchev–Trinajstić information content (AvgIpc) is 2.72. The fourth-order valence-electron chi connectivity index (χ4n) is 4.69. The molecule has 158 valence electrons. The van der Waals surface area contributed by atoms with Gasteiger partial charge >= 0.3 is 0 Å². The number of rotatable bonds is 6. The lowest BCUT2D eigenvalue weighted by Crippen LogP contribution is -2.49. The number of primary amides is 1. The number of amides is 2. The Morgan fingerprint density at radius 1 is 1.20 bits per heavy atom. The van der Waals surface area contributed by atoms with Crippen molar-refractivity contribution in [1.82, 2.24) is 10.3 Å². The van der Waals surface area contributed by atoms with E-state index in [2.05, 4.69) is 40.3 Å². The first kappa shape index (κ1) is 20.4. The highest BCUT2D eigenvalue weighted by Crippen LogP contribution is 2.44. The van der Waals surface area contributed by atoms with Gasteiger partial charge in [-0.05, 0) is 44.2 Å². The van der Waals surface area contributed by atoms with Crippen LogP contribution >= 0.6 is 0 Å². The van der Waals surface area contributed by atoms with E-state index in [4.69, 9.17) is 5.73 Å². The van der Waals surface area contributed by atoms with E-state index in [0.717, 1.165) is 62.1 Å². The van der Waals surface area contributed by atoms with Gasteiger partial charge in [0.15, 0.2) is 0 Å². The summed E-state index contributed by atoms with van der Waals surface area (Å²) in [7, 11) is 0. The number of carbonyl (C=O) groups is 2.